The van der Waals surface area contributed by atoms with Gasteiger partial charge in [-0.2, -0.15) is 0 Å². The van der Waals surface area contributed by atoms with Gasteiger partial charge < -0.3 is 15.3 Å². The molecule has 5 nitrogen and oxygen atoms in total. The largest absolute Gasteiger partial charge is 0.480 e. The van der Waals surface area contributed by atoms with Crippen molar-refractivity contribution in [2.24, 2.45) is 5.92 Å². The van der Waals surface area contributed by atoms with Crippen LogP contribution in [-0.2, 0) is 4.79 Å². The average Bonchev–Trinajstić information content (AvgIpc) is 3.25. The zero-order chi connectivity index (χ0) is 14.8. The molecule has 5 heteroatoms. The summed E-state index contributed by atoms with van der Waals surface area (Å²) in [7, 11) is 0. The molecule has 2 fully saturated rings. The van der Waals surface area contributed by atoms with Crippen LogP contribution in [-0.4, -0.2) is 40.1 Å². The van der Waals surface area contributed by atoms with Gasteiger partial charge in [-0.25, -0.2) is 9.59 Å². The summed E-state index contributed by atoms with van der Waals surface area (Å²) < 4.78 is 0. The highest BCUT2D eigenvalue weighted by Gasteiger charge is 2.49. The van der Waals surface area contributed by atoms with Gasteiger partial charge in [0.15, 0.2) is 0 Å². The Kier molecular flexibility index (Phi) is 4.55. The van der Waals surface area contributed by atoms with Gasteiger partial charge in [0, 0.05) is 12.6 Å². The maximum absolute atomic E-state index is 12.5. The monoisotopic (exact) mass is 282 g/mol. The zero-order valence-corrected chi connectivity index (χ0v) is 12.5. The third-order valence-corrected chi connectivity index (χ3v) is 4.82. The lowest BCUT2D eigenvalue weighted by molar-refractivity contribution is -0.144. The van der Waals surface area contributed by atoms with E-state index in [2.05, 4.69) is 5.32 Å². The summed E-state index contributed by atoms with van der Waals surface area (Å²) in [5, 5.41) is 12.2. The molecule has 0 saturated heterocycles. The van der Waals surface area contributed by atoms with Crippen LogP contribution in [0.25, 0.3) is 0 Å². The highest BCUT2D eigenvalue weighted by molar-refractivity contribution is 5.86. The molecule has 1 atom stereocenters. The molecule has 2 aliphatic rings. The van der Waals surface area contributed by atoms with E-state index in [9.17, 15) is 14.7 Å². The van der Waals surface area contributed by atoms with Crippen LogP contribution in [0.5, 0.6) is 0 Å². The molecule has 2 rings (SSSR count). The lowest BCUT2D eigenvalue weighted by Gasteiger charge is -2.36. The number of nitrogens with one attached hydrogen (secondary N) is 1. The molecule has 0 spiro atoms. The number of aliphatic carboxylic acids is 1. The molecule has 0 aliphatic heterocycles. The first-order valence-electron chi connectivity index (χ1n) is 7.81. The molecule has 114 valence electrons. The van der Waals surface area contributed by atoms with E-state index >= 15 is 0 Å². The van der Waals surface area contributed by atoms with E-state index in [1.807, 2.05) is 11.8 Å². The summed E-state index contributed by atoms with van der Waals surface area (Å²) in [4.78, 5) is 25.8. The van der Waals surface area contributed by atoms with Crippen molar-refractivity contribution >= 4 is 12.0 Å². The molecule has 2 N–H and O–H groups in total. The van der Waals surface area contributed by atoms with Gasteiger partial charge in [-0.3, -0.25) is 0 Å². The van der Waals surface area contributed by atoms with Crippen molar-refractivity contribution < 1.29 is 14.7 Å². The molecular weight excluding hydrogens is 256 g/mol. The van der Waals surface area contributed by atoms with Gasteiger partial charge in [0.05, 0.1) is 0 Å². The number of rotatable bonds is 5. The highest BCUT2D eigenvalue weighted by Crippen LogP contribution is 2.40. The molecule has 2 saturated carbocycles. The third kappa shape index (κ3) is 3.07. The van der Waals surface area contributed by atoms with Crippen LogP contribution < -0.4 is 5.32 Å². The molecule has 2 amide bonds. The Balaban J connectivity index is 2.02. The van der Waals surface area contributed by atoms with Gasteiger partial charge in [0.2, 0.25) is 0 Å². The topological polar surface area (TPSA) is 69.6 Å². The number of carboxylic acids is 1. The van der Waals surface area contributed by atoms with E-state index in [4.69, 9.17) is 0 Å². The molecule has 0 aromatic rings. The Morgan fingerprint density at radius 1 is 1.20 bits per heavy atom. The Hall–Kier alpha value is -1.26. The van der Waals surface area contributed by atoms with Crippen LogP contribution in [0.15, 0.2) is 0 Å². The van der Waals surface area contributed by atoms with E-state index in [0.717, 1.165) is 38.5 Å². The predicted molar refractivity (Wildman–Crippen MR) is 76.5 cm³/mol. The minimum absolute atomic E-state index is 0.0778. The minimum Gasteiger partial charge on any atom is -0.480 e. The number of hydrogen-bond acceptors (Lipinski definition) is 2. The first-order valence-corrected chi connectivity index (χ1v) is 7.81. The second-order valence-electron chi connectivity index (χ2n) is 6.29. The molecule has 0 heterocycles. The number of carbonyl (C=O) groups is 2. The number of hydrogen-bond donors (Lipinski definition) is 2. The van der Waals surface area contributed by atoms with Crippen molar-refractivity contribution in [2.45, 2.75) is 70.4 Å². The van der Waals surface area contributed by atoms with Crippen molar-refractivity contribution in [3.8, 4) is 0 Å². The minimum atomic E-state index is -1.11. The SMILES string of the molecule is CCN(C(=O)NC(C)(C(=O)O)C1CC1)C1CCCCC1. The number of nitrogens with zero attached hydrogens (tertiary/aromatic N) is 1. The number of carboxylic acid groups (broad SMARTS) is 1. The van der Waals surface area contributed by atoms with Crippen LogP contribution in [0.2, 0.25) is 0 Å². The lowest BCUT2D eigenvalue weighted by Crippen LogP contribution is -2.59. The molecular formula is C15H26N2O3. The van der Waals surface area contributed by atoms with Gasteiger partial charge >= 0.3 is 12.0 Å². The summed E-state index contributed by atoms with van der Waals surface area (Å²) in [6.07, 6.45) is 7.41. The van der Waals surface area contributed by atoms with Gasteiger partial charge in [-0.1, -0.05) is 19.3 Å². The molecule has 2 aliphatic carbocycles. The van der Waals surface area contributed by atoms with Gasteiger partial charge in [0.25, 0.3) is 0 Å². The molecule has 0 radical (unpaired) electrons. The summed E-state index contributed by atoms with van der Waals surface area (Å²) in [6, 6.07) is 0.0576. The Morgan fingerprint density at radius 3 is 2.25 bits per heavy atom. The van der Waals surface area contributed by atoms with E-state index in [-0.39, 0.29) is 18.0 Å². The number of carbonyl (C=O) groups excluding carboxylic acids is 1. The van der Waals surface area contributed by atoms with Crippen LogP contribution in [0.4, 0.5) is 4.79 Å². The van der Waals surface area contributed by atoms with Crippen molar-refractivity contribution in [3.05, 3.63) is 0 Å². The number of amides is 2. The first kappa shape index (κ1) is 15.1. The fourth-order valence-corrected chi connectivity index (χ4v) is 3.25. The first-order chi connectivity index (χ1) is 9.49. The molecule has 0 bridgehead atoms. The summed E-state index contributed by atoms with van der Waals surface area (Å²) in [5.41, 5.74) is -1.11. The fourth-order valence-electron chi connectivity index (χ4n) is 3.25. The highest BCUT2D eigenvalue weighted by atomic mass is 16.4. The van der Waals surface area contributed by atoms with Crippen LogP contribution in [0.3, 0.4) is 0 Å². The zero-order valence-electron chi connectivity index (χ0n) is 12.5. The van der Waals surface area contributed by atoms with Crippen LogP contribution in [0.1, 0.15) is 58.8 Å². The summed E-state index contributed by atoms with van der Waals surface area (Å²) in [5.74, 6) is -0.845. The van der Waals surface area contributed by atoms with Crippen LogP contribution in [0, 0.1) is 5.92 Å². The summed E-state index contributed by atoms with van der Waals surface area (Å²) >= 11 is 0. The van der Waals surface area contributed by atoms with Crippen LogP contribution >= 0.6 is 0 Å². The second kappa shape index (κ2) is 6.02. The average molecular weight is 282 g/mol. The molecule has 20 heavy (non-hydrogen) atoms. The second-order valence-corrected chi connectivity index (χ2v) is 6.29. The quantitative estimate of drug-likeness (QED) is 0.814. The van der Waals surface area contributed by atoms with E-state index in [0.29, 0.717) is 6.54 Å². The molecule has 1 unspecified atom stereocenters. The van der Waals surface area contributed by atoms with Gasteiger partial charge in [-0.05, 0) is 45.4 Å². The normalized spacial score (nSPS) is 22.9. The Morgan fingerprint density at radius 2 is 1.80 bits per heavy atom. The number of urea groups is 1. The predicted octanol–water partition coefficient (Wildman–Crippen LogP) is 2.60. The lowest BCUT2D eigenvalue weighted by atomic mass is 9.93. The van der Waals surface area contributed by atoms with Crippen molar-refractivity contribution in [3.63, 3.8) is 0 Å². The van der Waals surface area contributed by atoms with Crippen molar-refractivity contribution in [1.82, 2.24) is 10.2 Å². The smallest absolute Gasteiger partial charge is 0.329 e. The molecule has 0 aromatic carbocycles. The maximum atomic E-state index is 12.5. The van der Waals surface area contributed by atoms with Crippen molar-refractivity contribution in [1.29, 1.82) is 0 Å². The van der Waals surface area contributed by atoms with Crippen molar-refractivity contribution in [2.75, 3.05) is 6.54 Å². The standard InChI is InChI=1S/C15H26N2O3/c1-3-17(12-7-5-4-6-8-12)14(20)16-15(2,13(18)19)11-9-10-11/h11-12H,3-10H2,1-2H3,(H,16,20)(H,18,19). The fraction of sp³-hybridized carbons (Fsp3) is 0.867. The Bertz CT molecular complexity index is 375. The Labute approximate surface area is 120 Å². The molecule has 0 aromatic heterocycles. The maximum Gasteiger partial charge on any atom is 0.329 e. The summed E-state index contributed by atoms with van der Waals surface area (Å²) in [6.45, 7) is 4.24. The van der Waals surface area contributed by atoms with Gasteiger partial charge in [-0.15, -0.1) is 0 Å². The van der Waals surface area contributed by atoms with E-state index in [1.165, 1.54) is 6.42 Å². The third-order valence-electron chi connectivity index (χ3n) is 4.82. The van der Waals surface area contributed by atoms with E-state index < -0.39 is 11.5 Å². The van der Waals surface area contributed by atoms with E-state index in [1.54, 1.807) is 6.92 Å². The van der Waals surface area contributed by atoms with Gasteiger partial charge in [0.1, 0.15) is 5.54 Å².